The van der Waals surface area contributed by atoms with Gasteiger partial charge in [0, 0.05) is 13.1 Å². The van der Waals surface area contributed by atoms with E-state index < -0.39 is 6.04 Å². The van der Waals surface area contributed by atoms with Crippen molar-refractivity contribution in [3.63, 3.8) is 0 Å². The second-order valence-electron chi connectivity index (χ2n) is 4.55. The largest absolute Gasteiger partial charge is 0.378 e. The number of ether oxygens (including phenoxy) is 1. The quantitative estimate of drug-likeness (QED) is 0.866. The summed E-state index contributed by atoms with van der Waals surface area (Å²) < 4.78 is 18.4. The first kappa shape index (κ1) is 13.0. The minimum Gasteiger partial charge on any atom is -0.378 e. The number of carbonyl (C=O) groups is 1. The molecular weight excluding hydrogens is 235 g/mol. The Morgan fingerprint density at radius 1 is 1.61 bits per heavy atom. The third-order valence-corrected chi connectivity index (χ3v) is 3.18. The van der Waals surface area contributed by atoms with Crippen molar-refractivity contribution in [1.29, 1.82) is 0 Å². The second kappa shape index (κ2) is 5.46. The summed E-state index contributed by atoms with van der Waals surface area (Å²) in [5.74, 6) is -0.597. The maximum Gasteiger partial charge on any atom is 0.237 e. The minimum atomic E-state index is -0.399. The number of carbonyl (C=O) groups excluding carboxylic acids is 1. The second-order valence-corrected chi connectivity index (χ2v) is 4.55. The smallest absolute Gasteiger partial charge is 0.237 e. The molecular formula is C13H17FN2O2. The molecule has 1 saturated heterocycles. The van der Waals surface area contributed by atoms with Gasteiger partial charge in [-0.2, -0.15) is 0 Å². The third-order valence-electron chi connectivity index (χ3n) is 3.18. The van der Waals surface area contributed by atoms with Gasteiger partial charge in [0.05, 0.1) is 13.2 Å². The van der Waals surface area contributed by atoms with E-state index in [-0.39, 0.29) is 11.7 Å². The molecule has 0 aromatic heterocycles. The van der Waals surface area contributed by atoms with E-state index in [4.69, 9.17) is 10.5 Å². The molecule has 1 aliphatic rings. The predicted octanol–water partition coefficient (Wildman–Crippen LogP) is 0.820. The van der Waals surface area contributed by atoms with Crippen molar-refractivity contribution in [1.82, 2.24) is 4.90 Å². The van der Waals surface area contributed by atoms with Crippen molar-refractivity contribution < 1.29 is 13.9 Å². The van der Waals surface area contributed by atoms with Gasteiger partial charge in [-0.3, -0.25) is 9.69 Å². The zero-order valence-electron chi connectivity index (χ0n) is 10.4. The first-order valence-corrected chi connectivity index (χ1v) is 5.94. The third kappa shape index (κ3) is 2.86. The summed E-state index contributed by atoms with van der Waals surface area (Å²) in [6, 6.07) is 4.58. The molecule has 18 heavy (non-hydrogen) atoms. The highest BCUT2D eigenvalue weighted by atomic mass is 19.1. The zero-order chi connectivity index (χ0) is 13.1. The van der Waals surface area contributed by atoms with E-state index in [1.165, 1.54) is 6.07 Å². The summed E-state index contributed by atoms with van der Waals surface area (Å²) in [6.07, 6.45) is 0. The predicted molar refractivity (Wildman–Crippen MR) is 65.3 cm³/mol. The molecule has 1 atom stereocenters. The standard InChI is InChI=1S/C13H17FN2O2/c1-9-6-10(2-3-11(9)14)7-16-4-5-18-8-12(16)13(15)17/h2-3,6,12H,4-5,7-8H2,1H3,(H2,15,17). The molecule has 1 unspecified atom stereocenters. The van der Waals surface area contributed by atoms with Crippen LogP contribution in [0.3, 0.4) is 0 Å². The average molecular weight is 252 g/mol. The number of aryl methyl sites for hydroxylation is 1. The number of nitrogens with two attached hydrogens (primary N) is 1. The summed E-state index contributed by atoms with van der Waals surface area (Å²) >= 11 is 0. The lowest BCUT2D eigenvalue weighted by molar-refractivity contribution is -0.129. The van der Waals surface area contributed by atoms with Gasteiger partial charge in [-0.15, -0.1) is 0 Å². The van der Waals surface area contributed by atoms with Crippen molar-refractivity contribution in [2.45, 2.75) is 19.5 Å². The molecule has 1 aromatic rings. The van der Waals surface area contributed by atoms with E-state index in [2.05, 4.69) is 0 Å². The maximum atomic E-state index is 13.2. The van der Waals surface area contributed by atoms with E-state index in [0.29, 0.717) is 31.9 Å². The molecule has 0 spiro atoms. The molecule has 2 rings (SSSR count). The fourth-order valence-electron chi connectivity index (χ4n) is 2.13. The molecule has 1 heterocycles. The molecule has 1 aromatic carbocycles. The molecule has 0 saturated carbocycles. The molecule has 1 fully saturated rings. The molecule has 98 valence electrons. The molecule has 0 bridgehead atoms. The van der Waals surface area contributed by atoms with Gasteiger partial charge in [-0.25, -0.2) is 4.39 Å². The van der Waals surface area contributed by atoms with Crippen LogP contribution in [0.15, 0.2) is 18.2 Å². The summed E-state index contributed by atoms with van der Waals surface area (Å²) in [6.45, 7) is 3.88. The maximum absolute atomic E-state index is 13.2. The first-order valence-electron chi connectivity index (χ1n) is 5.94. The van der Waals surface area contributed by atoms with Crippen LogP contribution >= 0.6 is 0 Å². The molecule has 0 radical (unpaired) electrons. The Kier molecular flexibility index (Phi) is 3.93. The minimum absolute atomic E-state index is 0.216. The van der Waals surface area contributed by atoms with E-state index in [9.17, 15) is 9.18 Å². The number of amides is 1. The van der Waals surface area contributed by atoms with Crippen LogP contribution in [0.25, 0.3) is 0 Å². The van der Waals surface area contributed by atoms with E-state index >= 15 is 0 Å². The lowest BCUT2D eigenvalue weighted by Crippen LogP contribution is -2.51. The summed E-state index contributed by atoms with van der Waals surface area (Å²) in [4.78, 5) is 13.3. The Hall–Kier alpha value is -1.46. The van der Waals surface area contributed by atoms with E-state index in [1.807, 2.05) is 4.90 Å². The van der Waals surface area contributed by atoms with E-state index in [1.54, 1.807) is 19.1 Å². The van der Waals surface area contributed by atoms with Gasteiger partial charge in [0.15, 0.2) is 0 Å². The molecule has 1 amide bonds. The van der Waals surface area contributed by atoms with Crippen LogP contribution in [0.1, 0.15) is 11.1 Å². The SMILES string of the molecule is Cc1cc(CN2CCOCC2C(N)=O)ccc1F. The Bertz CT molecular complexity index is 451. The van der Waals surface area contributed by atoms with Crippen molar-refractivity contribution in [2.75, 3.05) is 19.8 Å². The van der Waals surface area contributed by atoms with Crippen LogP contribution in [-0.2, 0) is 16.1 Å². The molecule has 5 heteroatoms. The van der Waals surface area contributed by atoms with Crippen molar-refractivity contribution in [2.24, 2.45) is 5.73 Å². The Morgan fingerprint density at radius 3 is 3.06 bits per heavy atom. The number of halogens is 1. The highest BCUT2D eigenvalue weighted by Gasteiger charge is 2.27. The van der Waals surface area contributed by atoms with Gasteiger partial charge in [0.25, 0.3) is 0 Å². The number of morpholine rings is 1. The topological polar surface area (TPSA) is 55.6 Å². The fraction of sp³-hybridized carbons (Fsp3) is 0.462. The number of benzene rings is 1. The molecule has 1 aliphatic heterocycles. The van der Waals surface area contributed by atoms with Gasteiger partial charge in [0.2, 0.25) is 5.91 Å². The highest BCUT2D eigenvalue weighted by molar-refractivity contribution is 5.80. The van der Waals surface area contributed by atoms with Gasteiger partial charge in [-0.1, -0.05) is 12.1 Å². The van der Waals surface area contributed by atoms with Crippen LogP contribution < -0.4 is 5.73 Å². The van der Waals surface area contributed by atoms with Crippen molar-refractivity contribution >= 4 is 5.91 Å². The monoisotopic (exact) mass is 252 g/mol. The lowest BCUT2D eigenvalue weighted by Gasteiger charge is -2.33. The molecule has 4 nitrogen and oxygen atoms in total. The lowest BCUT2D eigenvalue weighted by atomic mass is 10.1. The number of hydrogen-bond donors (Lipinski definition) is 1. The Morgan fingerprint density at radius 2 is 2.39 bits per heavy atom. The summed E-state index contributed by atoms with van der Waals surface area (Å²) in [5, 5.41) is 0. The van der Waals surface area contributed by atoms with Crippen LogP contribution in [0, 0.1) is 12.7 Å². The number of nitrogens with zero attached hydrogens (tertiary/aromatic N) is 1. The Labute approximate surface area is 106 Å². The molecule has 2 N–H and O–H groups in total. The number of hydrogen-bond acceptors (Lipinski definition) is 3. The average Bonchev–Trinajstić information content (AvgIpc) is 2.34. The highest BCUT2D eigenvalue weighted by Crippen LogP contribution is 2.15. The van der Waals surface area contributed by atoms with Crippen molar-refractivity contribution in [3.05, 3.63) is 35.1 Å². The fourth-order valence-corrected chi connectivity index (χ4v) is 2.13. The van der Waals surface area contributed by atoms with Crippen LogP contribution in [-0.4, -0.2) is 36.6 Å². The summed E-state index contributed by atoms with van der Waals surface area (Å²) in [5.41, 5.74) is 6.93. The Balaban J connectivity index is 2.10. The first-order chi connectivity index (χ1) is 8.58. The number of rotatable bonds is 3. The number of primary amides is 1. The van der Waals surface area contributed by atoms with Crippen LogP contribution in [0.2, 0.25) is 0 Å². The van der Waals surface area contributed by atoms with Crippen LogP contribution in [0.4, 0.5) is 4.39 Å². The normalized spacial score (nSPS) is 20.9. The molecule has 0 aliphatic carbocycles. The van der Waals surface area contributed by atoms with Gasteiger partial charge in [0.1, 0.15) is 11.9 Å². The summed E-state index contributed by atoms with van der Waals surface area (Å²) in [7, 11) is 0. The van der Waals surface area contributed by atoms with Gasteiger partial charge >= 0.3 is 0 Å². The van der Waals surface area contributed by atoms with Gasteiger partial charge < -0.3 is 10.5 Å². The van der Waals surface area contributed by atoms with E-state index in [0.717, 1.165) is 5.56 Å². The zero-order valence-corrected chi connectivity index (χ0v) is 10.4. The van der Waals surface area contributed by atoms with Gasteiger partial charge in [-0.05, 0) is 24.1 Å². The van der Waals surface area contributed by atoms with Crippen molar-refractivity contribution in [3.8, 4) is 0 Å². The van der Waals surface area contributed by atoms with Crippen LogP contribution in [0.5, 0.6) is 0 Å².